The van der Waals surface area contributed by atoms with Gasteiger partial charge in [0.15, 0.2) is 0 Å². The van der Waals surface area contributed by atoms with Gasteiger partial charge in [-0.05, 0) is 58.3 Å². The van der Waals surface area contributed by atoms with Crippen LogP contribution in [-0.4, -0.2) is 56.2 Å². The first kappa shape index (κ1) is 21.6. The molecule has 31 heavy (non-hydrogen) atoms. The van der Waals surface area contributed by atoms with Crippen molar-refractivity contribution in [3.05, 3.63) is 47.4 Å². The van der Waals surface area contributed by atoms with E-state index in [0.717, 1.165) is 48.3 Å². The Morgan fingerprint density at radius 3 is 2.42 bits per heavy atom. The third-order valence-electron chi connectivity index (χ3n) is 6.65. The highest BCUT2D eigenvalue weighted by Gasteiger charge is 2.39. The SMILES string of the molecule is Cc1cccc(F)c1N1Cc2cnc(N(C)C)cc2N([C@H]2CC[C@@H](N(C)C)CC2)C1=O. The monoisotopic (exact) mass is 425 g/mol. The number of nitrogens with zero attached hydrogens (tertiary/aromatic N) is 5. The highest BCUT2D eigenvalue weighted by molar-refractivity contribution is 6.07. The first-order chi connectivity index (χ1) is 14.8. The summed E-state index contributed by atoms with van der Waals surface area (Å²) in [7, 11) is 8.12. The molecule has 2 aliphatic rings. The number of rotatable bonds is 4. The summed E-state index contributed by atoms with van der Waals surface area (Å²) in [5.74, 6) is 0.444. The van der Waals surface area contributed by atoms with Crippen molar-refractivity contribution in [3.63, 3.8) is 0 Å². The van der Waals surface area contributed by atoms with Crippen LogP contribution in [0.5, 0.6) is 0 Å². The van der Waals surface area contributed by atoms with E-state index in [9.17, 15) is 9.18 Å². The largest absolute Gasteiger partial charge is 0.363 e. The maximum atomic E-state index is 14.8. The molecule has 1 saturated carbocycles. The molecular weight excluding hydrogens is 393 g/mol. The van der Waals surface area contributed by atoms with Crippen LogP contribution >= 0.6 is 0 Å². The quantitative estimate of drug-likeness (QED) is 0.728. The number of aryl methyl sites for hydroxylation is 1. The zero-order valence-electron chi connectivity index (χ0n) is 19.1. The Balaban J connectivity index is 1.76. The summed E-state index contributed by atoms with van der Waals surface area (Å²) >= 11 is 0. The minimum Gasteiger partial charge on any atom is -0.363 e. The second-order valence-corrected chi connectivity index (χ2v) is 9.14. The molecule has 0 bridgehead atoms. The zero-order chi connectivity index (χ0) is 22.3. The van der Waals surface area contributed by atoms with Crippen LogP contribution in [0.1, 0.15) is 36.8 Å². The predicted molar refractivity (Wildman–Crippen MR) is 123 cm³/mol. The molecule has 1 aliphatic carbocycles. The molecule has 1 aromatic carbocycles. The number of halogens is 1. The molecule has 2 aromatic rings. The minimum atomic E-state index is -0.370. The van der Waals surface area contributed by atoms with Crippen LogP contribution in [0.2, 0.25) is 0 Å². The maximum absolute atomic E-state index is 14.8. The number of hydrogen-bond acceptors (Lipinski definition) is 4. The van der Waals surface area contributed by atoms with E-state index in [0.29, 0.717) is 18.3 Å². The van der Waals surface area contributed by atoms with Gasteiger partial charge in [-0.1, -0.05) is 12.1 Å². The van der Waals surface area contributed by atoms with Crippen LogP contribution in [-0.2, 0) is 6.54 Å². The molecule has 0 spiro atoms. The van der Waals surface area contributed by atoms with Crippen molar-refractivity contribution in [3.8, 4) is 0 Å². The van der Waals surface area contributed by atoms with Crippen LogP contribution in [0, 0.1) is 12.7 Å². The molecule has 1 aromatic heterocycles. The number of hydrogen-bond donors (Lipinski definition) is 0. The molecule has 6 nitrogen and oxygen atoms in total. The fraction of sp³-hybridized carbons (Fsp3) is 0.500. The first-order valence-electron chi connectivity index (χ1n) is 11.0. The average molecular weight is 426 g/mol. The van der Waals surface area contributed by atoms with E-state index < -0.39 is 0 Å². The number of benzene rings is 1. The Labute approximate surface area is 184 Å². The van der Waals surface area contributed by atoms with Gasteiger partial charge >= 0.3 is 6.03 Å². The molecule has 0 radical (unpaired) electrons. The van der Waals surface area contributed by atoms with Gasteiger partial charge in [0.1, 0.15) is 11.6 Å². The smallest absolute Gasteiger partial charge is 0.329 e. The normalized spacial score (nSPS) is 21.5. The summed E-state index contributed by atoms with van der Waals surface area (Å²) in [5.41, 5.74) is 2.97. The lowest BCUT2D eigenvalue weighted by atomic mass is 9.88. The van der Waals surface area contributed by atoms with Gasteiger partial charge in [0, 0.05) is 44.0 Å². The summed E-state index contributed by atoms with van der Waals surface area (Å²) < 4.78 is 14.8. The number of amides is 2. The van der Waals surface area contributed by atoms with Crippen molar-refractivity contribution in [2.45, 2.75) is 51.2 Å². The van der Waals surface area contributed by atoms with Gasteiger partial charge in [0.2, 0.25) is 0 Å². The van der Waals surface area contributed by atoms with Gasteiger partial charge in [-0.25, -0.2) is 14.2 Å². The van der Waals surface area contributed by atoms with Crippen molar-refractivity contribution < 1.29 is 9.18 Å². The summed E-state index contributed by atoms with van der Waals surface area (Å²) in [5, 5.41) is 0. The van der Waals surface area contributed by atoms with Crippen molar-refractivity contribution in [2.75, 3.05) is 42.9 Å². The zero-order valence-corrected chi connectivity index (χ0v) is 19.1. The van der Waals surface area contributed by atoms with E-state index in [2.05, 4.69) is 24.0 Å². The van der Waals surface area contributed by atoms with Gasteiger partial charge in [0.25, 0.3) is 0 Å². The van der Waals surface area contributed by atoms with Crippen LogP contribution in [0.25, 0.3) is 0 Å². The Hall–Kier alpha value is -2.67. The topological polar surface area (TPSA) is 42.9 Å². The van der Waals surface area contributed by atoms with E-state index in [1.807, 2.05) is 49.1 Å². The Morgan fingerprint density at radius 1 is 1.10 bits per heavy atom. The van der Waals surface area contributed by atoms with E-state index in [4.69, 9.17) is 0 Å². The second kappa shape index (κ2) is 8.46. The van der Waals surface area contributed by atoms with Crippen molar-refractivity contribution in [2.24, 2.45) is 0 Å². The van der Waals surface area contributed by atoms with Gasteiger partial charge in [-0.2, -0.15) is 0 Å². The summed E-state index contributed by atoms with van der Waals surface area (Å²) in [6.07, 6.45) is 5.77. The lowest BCUT2D eigenvalue weighted by Gasteiger charge is -2.44. The minimum absolute atomic E-state index is 0.0924. The van der Waals surface area contributed by atoms with E-state index in [1.54, 1.807) is 11.0 Å². The summed E-state index contributed by atoms with van der Waals surface area (Å²) in [6.45, 7) is 2.17. The van der Waals surface area contributed by atoms with Gasteiger partial charge in [0.05, 0.1) is 17.9 Å². The molecule has 1 aliphatic heterocycles. The van der Waals surface area contributed by atoms with Gasteiger partial charge in [-0.3, -0.25) is 9.80 Å². The van der Waals surface area contributed by atoms with E-state index in [1.165, 1.54) is 6.07 Å². The summed E-state index contributed by atoms with van der Waals surface area (Å²) in [4.78, 5) is 26.1. The Bertz CT molecular complexity index is 948. The predicted octanol–water partition coefficient (Wildman–Crippen LogP) is 4.41. The lowest BCUT2D eigenvalue weighted by molar-refractivity contribution is 0.209. The molecule has 1 fully saturated rings. The number of para-hydroxylation sites is 1. The van der Waals surface area contributed by atoms with E-state index >= 15 is 0 Å². The molecule has 7 heteroatoms. The van der Waals surface area contributed by atoms with Crippen molar-refractivity contribution >= 4 is 23.2 Å². The van der Waals surface area contributed by atoms with Crippen LogP contribution in [0.15, 0.2) is 30.5 Å². The fourth-order valence-electron chi connectivity index (χ4n) is 4.85. The number of carbonyl (C=O) groups is 1. The van der Waals surface area contributed by atoms with Crippen LogP contribution in [0.4, 0.5) is 26.4 Å². The maximum Gasteiger partial charge on any atom is 0.329 e. The summed E-state index contributed by atoms with van der Waals surface area (Å²) in [6, 6.07) is 7.43. The molecule has 0 saturated heterocycles. The standard InChI is InChI=1S/C24H32FN5O/c1-16-7-6-8-20(25)23(16)29-15-17-14-26-22(28(4)5)13-21(17)30(24(29)31)19-11-9-18(10-12-19)27(2)3/h6-8,13-14,18-19H,9-12,15H2,1-5H3/t18-,19+. The third-order valence-corrected chi connectivity index (χ3v) is 6.65. The number of anilines is 3. The number of fused-ring (bicyclic) bond motifs is 1. The molecule has 4 rings (SSSR count). The van der Waals surface area contributed by atoms with Crippen LogP contribution < -0.4 is 14.7 Å². The number of carbonyl (C=O) groups excluding carboxylic acids is 1. The number of pyridine rings is 1. The molecule has 0 N–H and O–H groups in total. The highest BCUT2D eigenvalue weighted by atomic mass is 19.1. The van der Waals surface area contributed by atoms with Crippen molar-refractivity contribution in [1.29, 1.82) is 0 Å². The highest BCUT2D eigenvalue weighted by Crippen LogP contribution is 2.39. The fourth-order valence-corrected chi connectivity index (χ4v) is 4.85. The molecule has 0 unspecified atom stereocenters. The number of urea groups is 1. The van der Waals surface area contributed by atoms with Gasteiger partial charge in [-0.15, -0.1) is 0 Å². The molecule has 166 valence electrons. The third kappa shape index (κ3) is 3.99. The molecule has 2 amide bonds. The molecular formula is C24H32FN5O. The van der Waals surface area contributed by atoms with Crippen molar-refractivity contribution in [1.82, 2.24) is 9.88 Å². The lowest BCUT2D eigenvalue weighted by Crippen LogP contribution is -2.54. The van der Waals surface area contributed by atoms with Crippen LogP contribution in [0.3, 0.4) is 0 Å². The first-order valence-corrected chi connectivity index (χ1v) is 11.0. The molecule has 0 atom stereocenters. The van der Waals surface area contributed by atoms with E-state index in [-0.39, 0.29) is 17.9 Å². The Kier molecular flexibility index (Phi) is 5.88. The second-order valence-electron chi connectivity index (χ2n) is 9.14. The average Bonchev–Trinajstić information content (AvgIpc) is 2.73. The number of aromatic nitrogens is 1. The van der Waals surface area contributed by atoms with Gasteiger partial charge < -0.3 is 9.80 Å². The Morgan fingerprint density at radius 2 is 1.81 bits per heavy atom. The molecule has 2 heterocycles.